The summed E-state index contributed by atoms with van der Waals surface area (Å²) in [4.78, 5) is 28.8. The molecule has 31 heavy (non-hydrogen) atoms. The third kappa shape index (κ3) is 4.85. The number of carbonyl (C=O) groups excluding carboxylic acids is 2. The Labute approximate surface area is 182 Å². The second kappa shape index (κ2) is 9.52. The van der Waals surface area contributed by atoms with Gasteiger partial charge in [0, 0.05) is 50.5 Å². The van der Waals surface area contributed by atoms with E-state index in [1.165, 1.54) is 7.11 Å². The van der Waals surface area contributed by atoms with Gasteiger partial charge in [0.05, 0.1) is 19.1 Å². The van der Waals surface area contributed by atoms with Crippen LogP contribution in [0.15, 0.2) is 18.2 Å². The van der Waals surface area contributed by atoms with Crippen LogP contribution in [0.4, 0.5) is 5.69 Å². The van der Waals surface area contributed by atoms with Gasteiger partial charge in [-0.3, -0.25) is 9.59 Å². The molecule has 9 heteroatoms. The first-order valence-corrected chi connectivity index (χ1v) is 10.8. The molecule has 1 aromatic carbocycles. The molecule has 2 saturated heterocycles. The first kappa shape index (κ1) is 22.0. The minimum atomic E-state index is -0.497. The quantitative estimate of drug-likeness (QED) is 0.671. The number of piperazine rings is 1. The third-order valence-electron chi connectivity index (χ3n) is 6.32. The zero-order chi connectivity index (χ0) is 22.0. The van der Waals surface area contributed by atoms with Crippen LogP contribution >= 0.6 is 0 Å². The van der Waals surface area contributed by atoms with Crippen LogP contribution < -0.4 is 10.1 Å². The minimum Gasteiger partial charge on any atom is -0.487 e. The van der Waals surface area contributed by atoms with Crippen LogP contribution in [0, 0.1) is 0 Å². The van der Waals surface area contributed by atoms with Crippen molar-refractivity contribution in [1.82, 2.24) is 9.80 Å². The highest BCUT2D eigenvalue weighted by molar-refractivity contribution is 5.92. The number of hydrogen-bond acceptors (Lipinski definition) is 7. The molecule has 4 rings (SSSR count). The SMILES string of the molecule is COCC(=O)Nc1ccc2c(c1)[C@@H]1C[C@@H](CC(=O)N3CCN(C)CC3)O[C@@H](CO)[C@@H]1O2. The van der Waals surface area contributed by atoms with Crippen LogP contribution in [0.1, 0.15) is 24.3 Å². The van der Waals surface area contributed by atoms with E-state index >= 15 is 0 Å². The number of likely N-dealkylation sites (N-methyl/N-ethyl adjacent to an activating group) is 1. The molecule has 2 fully saturated rings. The lowest BCUT2D eigenvalue weighted by molar-refractivity contribution is -0.150. The van der Waals surface area contributed by atoms with E-state index in [2.05, 4.69) is 17.3 Å². The first-order valence-electron chi connectivity index (χ1n) is 10.8. The lowest BCUT2D eigenvalue weighted by Crippen LogP contribution is -2.50. The van der Waals surface area contributed by atoms with Gasteiger partial charge in [0.2, 0.25) is 11.8 Å². The number of hydrogen-bond donors (Lipinski definition) is 2. The largest absolute Gasteiger partial charge is 0.487 e. The normalized spacial score (nSPS) is 27.9. The topological polar surface area (TPSA) is 101 Å². The van der Waals surface area contributed by atoms with Gasteiger partial charge in [0.15, 0.2) is 0 Å². The van der Waals surface area contributed by atoms with Gasteiger partial charge in [-0.25, -0.2) is 0 Å². The Balaban J connectivity index is 1.46. The number of benzene rings is 1. The fourth-order valence-corrected chi connectivity index (χ4v) is 4.67. The van der Waals surface area contributed by atoms with Gasteiger partial charge in [0.25, 0.3) is 0 Å². The Hall–Kier alpha value is -2.20. The zero-order valence-electron chi connectivity index (χ0n) is 18.1. The van der Waals surface area contributed by atoms with Crippen molar-refractivity contribution < 1.29 is 28.9 Å². The Kier molecular flexibility index (Phi) is 6.76. The smallest absolute Gasteiger partial charge is 0.250 e. The van der Waals surface area contributed by atoms with Crippen molar-refractivity contribution in [3.8, 4) is 5.75 Å². The molecule has 9 nitrogen and oxygen atoms in total. The van der Waals surface area contributed by atoms with Crippen LogP contribution in [0.25, 0.3) is 0 Å². The predicted octanol–water partition coefficient (Wildman–Crippen LogP) is 0.430. The molecule has 0 aliphatic carbocycles. The van der Waals surface area contributed by atoms with E-state index in [0.717, 1.165) is 37.5 Å². The van der Waals surface area contributed by atoms with Gasteiger partial charge < -0.3 is 34.4 Å². The number of nitrogens with zero attached hydrogens (tertiary/aromatic N) is 2. The summed E-state index contributed by atoms with van der Waals surface area (Å²) >= 11 is 0. The molecule has 0 saturated carbocycles. The Morgan fingerprint density at radius 2 is 2.03 bits per heavy atom. The summed E-state index contributed by atoms with van der Waals surface area (Å²) in [6.07, 6.45) is -0.165. The second-order valence-corrected chi connectivity index (χ2v) is 8.53. The van der Waals surface area contributed by atoms with Gasteiger partial charge in [-0.1, -0.05) is 0 Å². The lowest BCUT2D eigenvalue weighted by atomic mass is 9.84. The summed E-state index contributed by atoms with van der Waals surface area (Å²) in [6, 6.07) is 5.52. The number of aliphatic hydroxyl groups excluding tert-OH is 1. The zero-order valence-corrected chi connectivity index (χ0v) is 18.1. The predicted molar refractivity (Wildman–Crippen MR) is 113 cm³/mol. The average Bonchev–Trinajstić information content (AvgIpc) is 3.12. The Morgan fingerprint density at radius 1 is 1.26 bits per heavy atom. The van der Waals surface area contributed by atoms with Crippen molar-refractivity contribution in [2.45, 2.75) is 37.1 Å². The number of fused-ring (bicyclic) bond motifs is 3. The van der Waals surface area contributed by atoms with Gasteiger partial charge in [-0.05, 0) is 31.7 Å². The lowest BCUT2D eigenvalue weighted by Gasteiger charge is -2.38. The minimum absolute atomic E-state index is 0.00883. The highest BCUT2D eigenvalue weighted by Crippen LogP contribution is 2.47. The summed E-state index contributed by atoms with van der Waals surface area (Å²) in [6.45, 7) is 3.02. The van der Waals surface area contributed by atoms with E-state index in [1.807, 2.05) is 17.0 Å². The van der Waals surface area contributed by atoms with E-state index in [4.69, 9.17) is 14.2 Å². The average molecular weight is 434 g/mol. The molecule has 2 amide bonds. The summed E-state index contributed by atoms with van der Waals surface area (Å²) in [7, 11) is 3.53. The van der Waals surface area contributed by atoms with Crippen LogP contribution in [0.2, 0.25) is 0 Å². The van der Waals surface area contributed by atoms with E-state index in [9.17, 15) is 14.7 Å². The number of rotatable bonds is 6. The van der Waals surface area contributed by atoms with Gasteiger partial charge >= 0.3 is 0 Å². The number of nitrogens with one attached hydrogen (secondary N) is 1. The number of carbonyl (C=O) groups is 2. The number of anilines is 1. The first-order chi connectivity index (χ1) is 15.0. The van der Waals surface area contributed by atoms with Crippen molar-refractivity contribution in [3.05, 3.63) is 23.8 Å². The maximum absolute atomic E-state index is 12.8. The van der Waals surface area contributed by atoms with E-state index < -0.39 is 6.10 Å². The van der Waals surface area contributed by atoms with Crippen molar-refractivity contribution in [1.29, 1.82) is 0 Å². The highest BCUT2D eigenvalue weighted by atomic mass is 16.6. The van der Waals surface area contributed by atoms with Crippen LogP contribution in [0.3, 0.4) is 0 Å². The molecule has 2 N–H and O–H groups in total. The van der Waals surface area contributed by atoms with Crippen LogP contribution in [0.5, 0.6) is 5.75 Å². The molecular formula is C22H31N3O6. The highest BCUT2D eigenvalue weighted by Gasteiger charge is 2.46. The van der Waals surface area contributed by atoms with Crippen molar-refractivity contribution in [3.63, 3.8) is 0 Å². The monoisotopic (exact) mass is 433 g/mol. The molecule has 0 radical (unpaired) electrons. The molecule has 3 heterocycles. The van der Waals surface area contributed by atoms with E-state index in [0.29, 0.717) is 18.5 Å². The standard InChI is InChI=1S/C22H31N3O6/c1-24-5-7-25(8-6-24)21(28)11-15-10-17-16-9-14(23-20(27)13-29-2)3-4-18(16)31-22(17)19(12-26)30-15/h3-4,9,15,17,19,22,26H,5-8,10-13H2,1-2H3,(H,23,27)/t15-,17-,19-,22+/m0/s1. The molecule has 1 aromatic rings. The second-order valence-electron chi connectivity index (χ2n) is 8.53. The molecule has 3 aliphatic rings. The summed E-state index contributed by atoms with van der Waals surface area (Å²) in [5, 5.41) is 12.7. The van der Waals surface area contributed by atoms with Gasteiger partial charge in [-0.15, -0.1) is 0 Å². The van der Waals surface area contributed by atoms with Gasteiger partial charge in [0.1, 0.15) is 24.6 Å². The van der Waals surface area contributed by atoms with Crippen LogP contribution in [-0.2, 0) is 19.1 Å². The van der Waals surface area contributed by atoms with Crippen molar-refractivity contribution in [2.24, 2.45) is 0 Å². The van der Waals surface area contributed by atoms with Gasteiger partial charge in [-0.2, -0.15) is 0 Å². The number of methoxy groups -OCH3 is 1. The summed E-state index contributed by atoms with van der Waals surface area (Å²) in [5.41, 5.74) is 1.64. The number of aliphatic hydroxyl groups is 1. The fraction of sp³-hybridized carbons (Fsp3) is 0.636. The molecule has 0 bridgehead atoms. The summed E-state index contributed by atoms with van der Waals surface area (Å²) < 4.78 is 17.0. The molecule has 4 atom stereocenters. The number of ether oxygens (including phenoxy) is 3. The fourth-order valence-electron chi connectivity index (χ4n) is 4.67. The number of amides is 2. The Morgan fingerprint density at radius 3 is 2.74 bits per heavy atom. The molecule has 0 aromatic heterocycles. The summed E-state index contributed by atoms with van der Waals surface area (Å²) in [5.74, 6) is 0.583. The van der Waals surface area contributed by atoms with Crippen molar-refractivity contribution in [2.75, 3.05) is 58.9 Å². The maximum Gasteiger partial charge on any atom is 0.250 e. The molecule has 0 spiro atoms. The third-order valence-corrected chi connectivity index (χ3v) is 6.32. The molecular weight excluding hydrogens is 402 g/mol. The van der Waals surface area contributed by atoms with E-state index in [1.54, 1.807) is 6.07 Å². The van der Waals surface area contributed by atoms with Crippen LogP contribution in [-0.4, -0.2) is 98.6 Å². The molecule has 170 valence electrons. The van der Waals surface area contributed by atoms with Crippen molar-refractivity contribution >= 4 is 17.5 Å². The molecule has 0 unspecified atom stereocenters. The maximum atomic E-state index is 12.8. The van der Waals surface area contributed by atoms with E-state index in [-0.39, 0.29) is 43.2 Å². The Bertz CT molecular complexity index is 810. The molecule has 3 aliphatic heterocycles.